The van der Waals surface area contributed by atoms with Crippen molar-refractivity contribution in [2.24, 2.45) is 0 Å². The molecule has 0 aliphatic carbocycles. The average molecular weight is 1290 g/mol. The molecule has 10 aromatic rings. The molecule has 2 aromatic heterocycles. The number of hydrogen-bond donors (Lipinski definition) is 0. The van der Waals surface area contributed by atoms with Gasteiger partial charge in [0.2, 0.25) is 5.41 Å². The van der Waals surface area contributed by atoms with E-state index in [1.807, 2.05) is 141 Å². The second kappa shape index (κ2) is 31.2. The van der Waals surface area contributed by atoms with E-state index in [1.165, 1.54) is 54.3 Å². The highest BCUT2D eigenvalue weighted by atomic mass is 32.1. The zero-order valence-electron chi connectivity index (χ0n) is 57.2. The van der Waals surface area contributed by atoms with Crippen molar-refractivity contribution in [2.45, 2.75) is 156 Å². The molecule has 2 heterocycles. The summed E-state index contributed by atoms with van der Waals surface area (Å²) in [5.74, 6) is 2.95. The number of aromatic nitrogens is 2. The van der Waals surface area contributed by atoms with Crippen molar-refractivity contribution in [2.75, 3.05) is 0 Å². The van der Waals surface area contributed by atoms with Crippen molar-refractivity contribution >= 4 is 17.1 Å². The minimum absolute atomic E-state index is 0.0983. The summed E-state index contributed by atoms with van der Waals surface area (Å²) in [6, 6.07) is 42.2. The van der Waals surface area contributed by atoms with Gasteiger partial charge in [-0.2, -0.15) is 26.3 Å². The third kappa shape index (κ3) is 18.7. The number of halogens is 6. The molecule has 0 saturated heterocycles. The van der Waals surface area contributed by atoms with E-state index in [4.69, 9.17) is 14.2 Å². The Morgan fingerprint density at radius 1 is 0.301 bits per heavy atom. The first kappa shape index (κ1) is 73.2. The van der Waals surface area contributed by atoms with Crippen LogP contribution >= 0.6 is 11.3 Å². The quantitative estimate of drug-likeness (QED) is 0.100. The number of thiophene rings is 1. The Labute approximate surface area is 550 Å². The molecule has 0 amide bonds. The van der Waals surface area contributed by atoms with Gasteiger partial charge in [0.15, 0.2) is 5.78 Å². The number of rotatable bonds is 10. The van der Waals surface area contributed by atoms with Gasteiger partial charge in [0.25, 0.3) is 0 Å². The molecule has 10 rings (SSSR count). The van der Waals surface area contributed by atoms with E-state index in [9.17, 15) is 31.1 Å². The summed E-state index contributed by atoms with van der Waals surface area (Å²) in [5.41, 5.74) is 16.1. The highest BCUT2D eigenvalue weighted by molar-refractivity contribution is 7.12. The van der Waals surface area contributed by atoms with Crippen molar-refractivity contribution in [3.63, 3.8) is 0 Å². The lowest BCUT2D eigenvalue weighted by Crippen LogP contribution is -2.54. The van der Waals surface area contributed by atoms with Gasteiger partial charge in [-0.25, -0.2) is 0 Å². The number of nitrogens with zero attached hydrogens (tertiary/aromatic N) is 2. The van der Waals surface area contributed by atoms with Crippen LogP contribution in [0.2, 0.25) is 0 Å². The van der Waals surface area contributed by atoms with Crippen LogP contribution in [0.3, 0.4) is 0 Å². The van der Waals surface area contributed by atoms with Crippen LogP contribution in [-0.2, 0) is 5.41 Å². The maximum absolute atomic E-state index is 14.5. The van der Waals surface area contributed by atoms with Crippen LogP contribution in [0.1, 0.15) is 137 Å². The second-order valence-corrected chi connectivity index (χ2v) is 25.5. The molecular formula is C80H86F6N2O4S. The van der Waals surface area contributed by atoms with Crippen LogP contribution in [-0.4, -0.2) is 28.1 Å². The second-order valence-electron chi connectivity index (χ2n) is 24.0. The summed E-state index contributed by atoms with van der Waals surface area (Å²) in [5, 5.41) is 0. The van der Waals surface area contributed by atoms with E-state index in [1.54, 1.807) is 24.3 Å². The molecule has 0 fully saturated rings. The summed E-state index contributed by atoms with van der Waals surface area (Å²) in [6.07, 6.45) is -11.4. The molecular weight excluding hydrogens is 1200 g/mol. The zero-order valence-corrected chi connectivity index (χ0v) is 58.0. The SMILES string of the molecule is Cc1ccc(C(=O)c2ccc(C)c(C)c2)cc1C.Cc1ccc(Oc2ccc(C(c3ccc(Oc4ccc(C)c(C)c4)cc3)(C(F)(F)F)C(F)(F)F)cc2)cc1C.Cc1ccc(Oc2ccc(C)c(C)c2)cc1C.Cc1nc(C)c(C)nc1C.Cc1sc(C)c(C)c1C. The van der Waals surface area contributed by atoms with Crippen LogP contribution in [0, 0.1) is 138 Å². The van der Waals surface area contributed by atoms with E-state index >= 15 is 0 Å². The van der Waals surface area contributed by atoms with E-state index in [2.05, 4.69) is 103 Å². The Hall–Kier alpha value is -8.81. The standard InChI is InChI=1S/C31H26F6O2.C17H18O.C16H18O.C8H12N2.C8H12S/c1-19-5-11-27(17-21(19)3)38-25-13-7-23(8-14-25)29(30(32,33)34,31(35,36)37)24-9-15-26(16-10-24)39-28-12-6-20(2)22(4)18-28;1-11-5-7-15(9-13(11)3)17(18)16-8-6-12(2)14(4)10-16;1-11-5-7-15(9-13(11)3)17-16-8-6-12(2)14(4)10-16;1-5-6(2)10-8(4)7(3)9-5;1-5-6(2)8(4)9-7(5)3/h5-18H,1-4H3;5-10H,1-4H3;5-10H,1-4H3;1-4H3;1-4H3. The first-order valence-corrected chi connectivity index (χ1v) is 31.5. The number of aryl methyl sites for hydroxylation is 18. The first-order chi connectivity index (χ1) is 43.5. The smallest absolute Gasteiger partial charge is 0.411 e. The largest absolute Gasteiger partial charge is 0.457 e. The van der Waals surface area contributed by atoms with Crippen molar-refractivity contribution in [3.05, 3.63) is 290 Å². The number of ketones is 1. The lowest BCUT2D eigenvalue weighted by Gasteiger charge is -2.38. The third-order valence-electron chi connectivity index (χ3n) is 17.2. The molecule has 93 heavy (non-hydrogen) atoms. The summed E-state index contributed by atoms with van der Waals surface area (Å²) in [7, 11) is 0. The Kier molecular flexibility index (Phi) is 24.6. The number of hydrogen-bond acceptors (Lipinski definition) is 7. The van der Waals surface area contributed by atoms with Gasteiger partial charge in [-0.15, -0.1) is 11.3 Å². The molecule has 488 valence electrons. The topological polar surface area (TPSA) is 70.5 Å². The molecule has 8 aromatic carbocycles. The van der Waals surface area contributed by atoms with Crippen molar-refractivity contribution in [1.82, 2.24) is 9.97 Å². The number of benzene rings is 8. The molecule has 0 bridgehead atoms. The molecule has 13 heteroatoms. The maximum atomic E-state index is 14.5. The minimum Gasteiger partial charge on any atom is -0.457 e. The van der Waals surface area contributed by atoms with Gasteiger partial charge in [0.05, 0.1) is 22.8 Å². The van der Waals surface area contributed by atoms with Crippen LogP contribution in [0.4, 0.5) is 26.3 Å². The number of alkyl halides is 6. The Morgan fingerprint density at radius 3 is 0.742 bits per heavy atom. The predicted octanol–water partition coefficient (Wildman–Crippen LogP) is 23.5. The van der Waals surface area contributed by atoms with E-state index in [-0.39, 0.29) is 17.3 Å². The van der Waals surface area contributed by atoms with Crippen LogP contribution in [0.15, 0.2) is 158 Å². The van der Waals surface area contributed by atoms with E-state index in [0.717, 1.165) is 127 Å². The van der Waals surface area contributed by atoms with Crippen LogP contribution < -0.4 is 14.2 Å². The van der Waals surface area contributed by atoms with Gasteiger partial charge in [-0.1, -0.05) is 72.8 Å². The van der Waals surface area contributed by atoms with Gasteiger partial charge < -0.3 is 14.2 Å². The van der Waals surface area contributed by atoms with Crippen LogP contribution in [0.5, 0.6) is 34.5 Å². The molecule has 0 N–H and O–H groups in total. The lowest BCUT2D eigenvalue weighted by molar-refractivity contribution is -0.288. The minimum atomic E-state index is -5.70. The van der Waals surface area contributed by atoms with Crippen molar-refractivity contribution in [3.8, 4) is 34.5 Å². The molecule has 0 spiro atoms. The Bertz CT molecular complexity index is 3950. The Balaban J connectivity index is 0.000000209. The lowest BCUT2D eigenvalue weighted by atomic mass is 9.73. The van der Waals surface area contributed by atoms with Crippen molar-refractivity contribution < 1.29 is 45.3 Å². The molecule has 6 nitrogen and oxygen atoms in total. The fraction of sp³-hybridized carbons (Fsp3) is 0.287. The predicted molar refractivity (Wildman–Crippen MR) is 369 cm³/mol. The van der Waals surface area contributed by atoms with Gasteiger partial charge in [0.1, 0.15) is 34.5 Å². The fourth-order valence-electron chi connectivity index (χ4n) is 9.72. The number of carbonyl (C=O) groups excluding carboxylic acids is 1. The zero-order chi connectivity index (χ0) is 69.0. The fourth-order valence-corrected chi connectivity index (χ4v) is 10.8. The van der Waals surface area contributed by atoms with Crippen LogP contribution in [0.25, 0.3) is 0 Å². The molecule has 0 aliphatic rings. The third-order valence-corrected chi connectivity index (χ3v) is 18.5. The highest BCUT2D eigenvalue weighted by Gasteiger charge is 2.72. The monoisotopic (exact) mass is 1280 g/mol. The summed E-state index contributed by atoms with van der Waals surface area (Å²) in [6.45, 7) is 40.8. The molecule has 0 aliphatic heterocycles. The molecule has 0 unspecified atom stereocenters. The Morgan fingerprint density at radius 2 is 0.527 bits per heavy atom. The summed E-state index contributed by atoms with van der Waals surface area (Å²) < 4.78 is 104. The molecule has 0 radical (unpaired) electrons. The average Bonchev–Trinajstić information content (AvgIpc) is 1.09. The maximum Gasteiger partial charge on any atom is 0.411 e. The van der Waals surface area contributed by atoms with E-state index < -0.39 is 28.9 Å². The highest BCUT2D eigenvalue weighted by Crippen LogP contribution is 2.56. The first-order valence-electron chi connectivity index (χ1n) is 30.7. The molecule has 0 saturated carbocycles. The van der Waals surface area contributed by atoms with Gasteiger partial charge in [0, 0.05) is 20.9 Å². The molecule has 0 atom stereocenters. The van der Waals surface area contributed by atoms with Gasteiger partial charge >= 0.3 is 12.4 Å². The summed E-state index contributed by atoms with van der Waals surface area (Å²) >= 11 is 1.90. The normalized spacial score (nSPS) is 11.2. The van der Waals surface area contributed by atoms with Crippen molar-refractivity contribution in [1.29, 1.82) is 0 Å². The number of ether oxygens (including phenoxy) is 3. The van der Waals surface area contributed by atoms with Gasteiger partial charge in [-0.05, 0) is 312 Å². The summed E-state index contributed by atoms with van der Waals surface area (Å²) in [4.78, 5) is 23.9. The number of carbonyl (C=O) groups is 1. The van der Waals surface area contributed by atoms with E-state index in [0.29, 0.717) is 11.5 Å². The van der Waals surface area contributed by atoms with Gasteiger partial charge in [-0.3, -0.25) is 14.8 Å².